The van der Waals surface area contributed by atoms with Crippen LogP contribution in [0.1, 0.15) is 17.0 Å². The maximum absolute atomic E-state index is 4.86. The van der Waals surface area contributed by atoms with Crippen molar-refractivity contribution in [1.29, 1.82) is 0 Å². The molecule has 4 heteroatoms. The summed E-state index contributed by atoms with van der Waals surface area (Å²) in [6, 6.07) is 0. The van der Waals surface area contributed by atoms with E-state index < -0.39 is 0 Å². The number of ether oxygens (including phenoxy) is 1. The number of pyridine rings is 1. The van der Waals surface area contributed by atoms with Crippen LogP contribution in [-0.4, -0.2) is 18.7 Å². The zero-order valence-corrected chi connectivity index (χ0v) is 12.0. The minimum absolute atomic E-state index is 0.419. The van der Waals surface area contributed by atoms with E-state index in [0.29, 0.717) is 6.61 Å². The van der Waals surface area contributed by atoms with Gasteiger partial charge in [0.25, 0.3) is 0 Å². The zero-order chi connectivity index (χ0) is 11.4. The van der Waals surface area contributed by atoms with E-state index in [1.165, 1.54) is 0 Å². The van der Waals surface area contributed by atoms with Crippen LogP contribution in [0.25, 0.3) is 0 Å². The number of halogens is 2. The Bertz CT molecular complexity index is 432. The molecule has 0 radical (unpaired) electrons. The van der Waals surface area contributed by atoms with Gasteiger partial charge in [-0.2, -0.15) is 0 Å². The van der Waals surface area contributed by atoms with Gasteiger partial charge in [0.1, 0.15) is 12.3 Å². The van der Waals surface area contributed by atoms with E-state index in [1.807, 2.05) is 13.8 Å². The average molecular weight is 333 g/mol. The summed E-state index contributed by atoms with van der Waals surface area (Å²) in [5.41, 5.74) is 2.81. The van der Waals surface area contributed by atoms with Crippen LogP contribution in [0.5, 0.6) is 0 Å². The van der Waals surface area contributed by atoms with Crippen LogP contribution in [-0.2, 0) is 4.74 Å². The normalized spacial score (nSPS) is 9.67. The Kier molecular flexibility index (Phi) is 4.78. The molecule has 0 atom stereocenters. The highest BCUT2D eigenvalue weighted by atomic mass is 79.9. The second-order valence-electron chi connectivity index (χ2n) is 3.03. The highest BCUT2D eigenvalue weighted by Gasteiger charge is 2.09. The fraction of sp³-hybridized carbons (Fsp3) is 0.364. The van der Waals surface area contributed by atoms with Gasteiger partial charge < -0.3 is 4.74 Å². The summed E-state index contributed by atoms with van der Waals surface area (Å²) < 4.78 is 6.82. The first-order chi connectivity index (χ1) is 7.07. The van der Waals surface area contributed by atoms with Crippen molar-refractivity contribution in [2.45, 2.75) is 13.8 Å². The molecule has 0 spiro atoms. The lowest BCUT2D eigenvalue weighted by molar-refractivity contribution is 0.240. The molecule has 0 unspecified atom stereocenters. The number of nitrogens with zero attached hydrogens (tertiary/aromatic N) is 1. The Morgan fingerprint density at radius 3 is 2.53 bits per heavy atom. The predicted octanol–water partition coefficient (Wildman–Crippen LogP) is 3.22. The van der Waals surface area contributed by atoms with E-state index in [-0.39, 0.29) is 0 Å². The number of aromatic nitrogens is 1. The predicted molar refractivity (Wildman–Crippen MR) is 67.9 cm³/mol. The van der Waals surface area contributed by atoms with Gasteiger partial charge in [-0.05, 0) is 57.2 Å². The van der Waals surface area contributed by atoms with Gasteiger partial charge in [-0.3, -0.25) is 0 Å². The van der Waals surface area contributed by atoms with Gasteiger partial charge in [-0.15, -0.1) is 0 Å². The van der Waals surface area contributed by atoms with Crippen molar-refractivity contribution in [3.63, 3.8) is 0 Å². The van der Waals surface area contributed by atoms with Crippen molar-refractivity contribution in [2.75, 3.05) is 13.7 Å². The molecule has 2 nitrogen and oxygen atoms in total. The maximum Gasteiger partial charge on any atom is 0.128 e. The molecule has 0 aromatic carbocycles. The molecule has 0 aliphatic heterocycles. The number of hydrogen-bond acceptors (Lipinski definition) is 2. The monoisotopic (exact) mass is 331 g/mol. The number of hydrogen-bond donors (Lipinski definition) is 0. The molecule has 0 amide bonds. The average Bonchev–Trinajstić information content (AvgIpc) is 2.23. The summed E-state index contributed by atoms with van der Waals surface area (Å²) in [5, 5.41) is 0. The second kappa shape index (κ2) is 5.64. The van der Waals surface area contributed by atoms with E-state index in [2.05, 4.69) is 48.7 Å². The van der Waals surface area contributed by atoms with Gasteiger partial charge in [0, 0.05) is 11.6 Å². The first-order valence-corrected chi connectivity index (χ1v) is 5.96. The van der Waals surface area contributed by atoms with Gasteiger partial charge in [0.05, 0.1) is 10.2 Å². The molecule has 0 saturated heterocycles. The summed E-state index contributed by atoms with van der Waals surface area (Å²) in [7, 11) is 1.62. The maximum atomic E-state index is 4.86. The van der Waals surface area contributed by atoms with Gasteiger partial charge >= 0.3 is 0 Å². The van der Waals surface area contributed by atoms with E-state index in [1.54, 1.807) is 7.11 Å². The van der Waals surface area contributed by atoms with Crippen LogP contribution in [0, 0.1) is 25.7 Å². The lowest BCUT2D eigenvalue weighted by atomic mass is 10.2. The number of rotatable bonds is 1. The third kappa shape index (κ3) is 3.04. The fourth-order valence-electron chi connectivity index (χ4n) is 1.09. The quantitative estimate of drug-likeness (QED) is 0.737. The molecule has 1 rings (SSSR count). The molecule has 0 fully saturated rings. The minimum atomic E-state index is 0.419. The van der Waals surface area contributed by atoms with Crippen molar-refractivity contribution in [3.05, 3.63) is 25.9 Å². The lowest BCUT2D eigenvalue weighted by Crippen LogP contribution is -1.95. The molecule has 0 N–H and O–H groups in total. The SMILES string of the molecule is COCC#Cc1nc(C)c(Br)c(C)c1Br. The van der Waals surface area contributed by atoms with Crippen molar-refractivity contribution < 1.29 is 4.74 Å². The lowest BCUT2D eigenvalue weighted by Gasteiger charge is -2.06. The van der Waals surface area contributed by atoms with Crippen molar-refractivity contribution >= 4 is 31.9 Å². The summed E-state index contributed by atoms with van der Waals surface area (Å²) in [6.45, 7) is 4.39. The Labute approximate surface area is 107 Å². The Balaban J connectivity index is 3.17. The van der Waals surface area contributed by atoms with Gasteiger partial charge in [-0.25, -0.2) is 4.98 Å². The summed E-state index contributed by atoms with van der Waals surface area (Å²) in [5.74, 6) is 5.85. The summed E-state index contributed by atoms with van der Waals surface area (Å²) in [6.07, 6.45) is 0. The number of aryl methyl sites for hydroxylation is 1. The molecule has 1 heterocycles. The largest absolute Gasteiger partial charge is 0.372 e. The topological polar surface area (TPSA) is 22.1 Å². The molecule has 1 aromatic heterocycles. The fourth-order valence-corrected chi connectivity index (χ4v) is 2.02. The van der Waals surface area contributed by atoms with Gasteiger partial charge in [-0.1, -0.05) is 5.92 Å². The Morgan fingerprint density at radius 1 is 1.27 bits per heavy atom. The van der Waals surface area contributed by atoms with Crippen LogP contribution in [0.15, 0.2) is 8.95 Å². The molecule has 0 saturated carbocycles. The first kappa shape index (κ1) is 12.7. The van der Waals surface area contributed by atoms with Crippen LogP contribution >= 0.6 is 31.9 Å². The van der Waals surface area contributed by atoms with Gasteiger partial charge in [0.15, 0.2) is 0 Å². The third-order valence-electron chi connectivity index (χ3n) is 1.89. The van der Waals surface area contributed by atoms with Crippen LogP contribution in [0.4, 0.5) is 0 Å². The Hall–Kier alpha value is -0.370. The van der Waals surface area contributed by atoms with Crippen molar-refractivity contribution in [1.82, 2.24) is 4.98 Å². The zero-order valence-electron chi connectivity index (χ0n) is 8.82. The van der Waals surface area contributed by atoms with Crippen LogP contribution in [0.3, 0.4) is 0 Å². The summed E-state index contributed by atoms with van der Waals surface area (Å²) in [4.78, 5) is 4.38. The van der Waals surface area contributed by atoms with Crippen molar-refractivity contribution in [3.8, 4) is 11.8 Å². The second-order valence-corrected chi connectivity index (χ2v) is 4.62. The molecular weight excluding hydrogens is 322 g/mol. The molecular formula is C11H11Br2NO. The van der Waals surface area contributed by atoms with E-state index >= 15 is 0 Å². The van der Waals surface area contributed by atoms with E-state index in [0.717, 1.165) is 25.9 Å². The third-order valence-corrected chi connectivity index (χ3v) is 4.03. The Morgan fingerprint density at radius 2 is 1.93 bits per heavy atom. The first-order valence-electron chi connectivity index (χ1n) is 4.38. The highest BCUT2D eigenvalue weighted by Crippen LogP contribution is 2.28. The van der Waals surface area contributed by atoms with Crippen molar-refractivity contribution in [2.24, 2.45) is 0 Å². The van der Waals surface area contributed by atoms with E-state index in [4.69, 9.17) is 4.74 Å². The molecule has 15 heavy (non-hydrogen) atoms. The molecule has 0 aliphatic carbocycles. The standard InChI is InChI=1S/C11H11Br2NO/c1-7-10(12)8(2)14-9(11(7)13)5-4-6-15-3/h6H2,1-3H3. The smallest absolute Gasteiger partial charge is 0.128 e. The van der Waals surface area contributed by atoms with Crippen LogP contribution in [0.2, 0.25) is 0 Å². The van der Waals surface area contributed by atoms with Crippen LogP contribution < -0.4 is 0 Å². The highest BCUT2D eigenvalue weighted by molar-refractivity contribution is 9.11. The molecule has 1 aromatic rings. The molecule has 80 valence electrons. The minimum Gasteiger partial charge on any atom is -0.372 e. The number of methoxy groups -OCH3 is 1. The molecule has 0 bridgehead atoms. The van der Waals surface area contributed by atoms with E-state index in [9.17, 15) is 0 Å². The van der Waals surface area contributed by atoms with Gasteiger partial charge in [0.2, 0.25) is 0 Å². The molecule has 0 aliphatic rings. The summed E-state index contributed by atoms with van der Waals surface area (Å²) >= 11 is 6.96.